The van der Waals surface area contributed by atoms with Crippen LogP contribution in [0.1, 0.15) is 26.7 Å². The number of benzene rings is 1. The van der Waals surface area contributed by atoms with Gasteiger partial charge >= 0.3 is 6.03 Å². The Morgan fingerprint density at radius 3 is 2.33 bits per heavy atom. The highest BCUT2D eigenvalue weighted by Crippen LogP contribution is 2.21. The second-order valence-electron chi connectivity index (χ2n) is 4.99. The van der Waals surface area contributed by atoms with E-state index < -0.39 is 0 Å². The van der Waals surface area contributed by atoms with Gasteiger partial charge in [-0.05, 0) is 51.0 Å². The number of amides is 2. The standard InChI is InChI=1S/C14H21N3O/c1-11(2)15-14(18)16-12-5-7-13(8-6-12)17-9-3-4-10-17/h5-8,11H,3-4,9-10H2,1-2H3,(H2,15,16,18). The van der Waals surface area contributed by atoms with Gasteiger partial charge in [0.25, 0.3) is 0 Å². The number of nitrogens with zero attached hydrogens (tertiary/aromatic N) is 1. The second kappa shape index (κ2) is 5.76. The zero-order chi connectivity index (χ0) is 13.0. The summed E-state index contributed by atoms with van der Waals surface area (Å²) in [6.45, 7) is 6.16. The molecule has 0 unspecified atom stereocenters. The molecule has 0 bridgehead atoms. The maximum Gasteiger partial charge on any atom is 0.319 e. The van der Waals surface area contributed by atoms with E-state index in [1.165, 1.54) is 18.5 Å². The molecule has 0 saturated carbocycles. The van der Waals surface area contributed by atoms with Gasteiger partial charge in [-0.1, -0.05) is 0 Å². The molecule has 2 amide bonds. The summed E-state index contributed by atoms with van der Waals surface area (Å²) in [5, 5.41) is 5.62. The van der Waals surface area contributed by atoms with Crippen molar-refractivity contribution in [2.24, 2.45) is 0 Å². The van der Waals surface area contributed by atoms with E-state index in [-0.39, 0.29) is 12.1 Å². The van der Waals surface area contributed by atoms with Gasteiger partial charge in [0.2, 0.25) is 0 Å². The van der Waals surface area contributed by atoms with Crippen LogP contribution in [0.15, 0.2) is 24.3 Å². The molecule has 1 aliphatic rings. The fourth-order valence-corrected chi connectivity index (χ4v) is 2.16. The van der Waals surface area contributed by atoms with Crippen LogP contribution in [0.2, 0.25) is 0 Å². The molecule has 1 aromatic carbocycles. The molecule has 2 N–H and O–H groups in total. The molecule has 98 valence electrons. The zero-order valence-electron chi connectivity index (χ0n) is 11.1. The van der Waals surface area contributed by atoms with Crippen LogP contribution < -0.4 is 15.5 Å². The van der Waals surface area contributed by atoms with Crippen LogP contribution in [-0.2, 0) is 0 Å². The van der Waals surface area contributed by atoms with Crippen molar-refractivity contribution in [1.82, 2.24) is 5.32 Å². The quantitative estimate of drug-likeness (QED) is 0.862. The molecule has 4 heteroatoms. The number of rotatable bonds is 3. The molecule has 1 aromatic rings. The van der Waals surface area contributed by atoms with Crippen LogP contribution in [0.5, 0.6) is 0 Å². The van der Waals surface area contributed by atoms with E-state index in [4.69, 9.17) is 0 Å². The van der Waals surface area contributed by atoms with E-state index in [0.29, 0.717) is 0 Å². The third-order valence-corrected chi connectivity index (χ3v) is 3.02. The first-order chi connectivity index (χ1) is 8.65. The van der Waals surface area contributed by atoms with Gasteiger partial charge < -0.3 is 15.5 Å². The molecule has 1 saturated heterocycles. The second-order valence-corrected chi connectivity index (χ2v) is 4.99. The van der Waals surface area contributed by atoms with Crippen molar-refractivity contribution in [3.8, 4) is 0 Å². The topological polar surface area (TPSA) is 44.4 Å². The van der Waals surface area contributed by atoms with Gasteiger partial charge in [-0.25, -0.2) is 4.79 Å². The van der Waals surface area contributed by atoms with E-state index in [9.17, 15) is 4.79 Å². The van der Waals surface area contributed by atoms with Gasteiger partial charge in [0, 0.05) is 30.5 Å². The summed E-state index contributed by atoms with van der Waals surface area (Å²) in [7, 11) is 0. The Balaban J connectivity index is 1.93. The Hall–Kier alpha value is -1.71. The summed E-state index contributed by atoms with van der Waals surface area (Å²) >= 11 is 0. The lowest BCUT2D eigenvalue weighted by Gasteiger charge is -2.18. The summed E-state index contributed by atoms with van der Waals surface area (Å²) < 4.78 is 0. The molecule has 1 heterocycles. The monoisotopic (exact) mass is 247 g/mol. The van der Waals surface area contributed by atoms with Crippen molar-refractivity contribution in [1.29, 1.82) is 0 Å². The van der Waals surface area contributed by atoms with Gasteiger partial charge in [0.05, 0.1) is 0 Å². The molecular formula is C14H21N3O. The first kappa shape index (κ1) is 12.7. The lowest BCUT2D eigenvalue weighted by atomic mass is 10.2. The highest BCUT2D eigenvalue weighted by molar-refractivity contribution is 5.89. The highest BCUT2D eigenvalue weighted by atomic mass is 16.2. The average Bonchev–Trinajstić information content (AvgIpc) is 2.82. The number of hydrogen-bond acceptors (Lipinski definition) is 2. The first-order valence-corrected chi connectivity index (χ1v) is 6.57. The van der Waals surface area contributed by atoms with Gasteiger partial charge in [-0.15, -0.1) is 0 Å². The lowest BCUT2D eigenvalue weighted by molar-refractivity contribution is 0.250. The Kier molecular flexibility index (Phi) is 4.07. The molecule has 18 heavy (non-hydrogen) atoms. The number of anilines is 2. The number of urea groups is 1. The van der Waals surface area contributed by atoms with Gasteiger partial charge in [0.15, 0.2) is 0 Å². The Morgan fingerprint density at radius 1 is 1.17 bits per heavy atom. The minimum absolute atomic E-state index is 0.147. The van der Waals surface area contributed by atoms with Gasteiger partial charge in [-0.2, -0.15) is 0 Å². The molecule has 1 aliphatic heterocycles. The number of carbonyl (C=O) groups is 1. The largest absolute Gasteiger partial charge is 0.372 e. The predicted octanol–water partition coefficient (Wildman–Crippen LogP) is 2.82. The average molecular weight is 247 g/mol. The molecule has 0 radical (unpaired) electrons. The summed E-state index contributed by atoms with van der Waals surface area (Å²) in [6.07, 6.45) is 2.55. The number of carbonyl (C=O) groups excluding carboxylic acids is 1. The van der Waals surface area contributed by atoms with E-state index in [1.807, 2.05) is 26.0 Å². The predicted molar refractivity (Wildman–Crippen MR) is 75.2 cm³/mol. The molecular weight excluding hydrogens is 226 g/mol. The number of nitrogens with one attached hydrogen (secondary N) is 2. The summed E-state index contributed by atoms with van der Waals surface area (Å²) in [4.78, 5) is 13.9. The van der Waals surface area contributed by atoms with Crippen molar-refractivity contribution in [3.63, 3.8) is 0 Å². The molecule has 0 aliphatic carbocycles. The summed E-state index contributed by atoms with van der Waals surface area (Å²) in [5.41, 5.74) is 2.07. The molecule has 0 atom stereocenters. The van der Waals surface area contributed by atoms with Crippen molar-refractivity contribution in [2.75, 3.05) is 23.3 Å². The third kappa shape index (κ3) is 3.39. The van der Waals surface area contributed by atoms with E-state index in [0.717, 1.165) is 18.8 Å². The molecule has 1 fully saturated rings. The summed E-state index contributed by atoms with van der Waals surface area (Å²) in [6, 6.07) is 8.03. The molecule has 0 spiro atoms. The Morgan fingerprint density at radius 2 is 1.78 bits per heavy atom. The minimum atomic E-state index is -0.154. The summed E-state index contributed by atoms with van der Waals surface area (Å²) in [5.74, 6) is 0. The normalized spacial score (nSPS) is 14.9. The smallest absolute Gasteiger partial charge is 0.319 e. The SMILES string of the molecule is CC(C)NC(=O)Nc1ccc(N2CCCC2)cc1. The molecule has 2 rings (SSSR count). The van der Waals surface area contributed by atoms with E-state index >= 15 is 0 Å². The lowest BCUT2D eigenvalue weighted by Crippen LogP contribution is -2.34. The van der Waals surface area contributed by atoms with E-state index in [2.05, 4.69) is 27.7 Å². The van der Waals surface area contributed by atoms with Crippen LogP contribution in [-0.4, -0.2) is 25.2 Å². The van der Waals surface area contributed by atoms with Gasteiger partial charge in [-0.3, -0.25) is 0 Å². The van der Waals surface area contributed by atoms with Crippen LogP contribution in [0, 0.1) is 0 Å². The fourth-order valence-electron chi connectivity index (χ4n) is 2.16. The van der Waals surface area contributed by atoms with Crippen molar-refractivity contribution < 1.29 is 4.79 Å². The fraction of sp³-hybridized carbons (Fsp3) is 0.500. The first-order valence-electron chi connectivity index (χ1n) is 6.57. The Bertz CT molecular complexity index is 394. The van der Waals surface area contributed by atoms with Crippen molar-refractivity contribution >= 4 is 17.4 Å². The molecule has 0 aromatic heterocycles. The van der Waals surface area contributed by atoms with E-state index in [1.54, 1.807) is 0 Å². The number of hydrogen-bond donors (Lipinski definition) is 2. The van der Waals surface area contributed by atoms with Crippen LogP contribution in [0.4, 0.5) is 16.2 Å². The maximum absolute atomic E-state index is 11.5. The highest BCUT2D eigenvalue weighted by Gasteiger charge is 2.12. The van der Waals surface area contributed by atoms with Gasteiger partial charge in [0.1, 0.15) is 0 Å². The van der Waals surface area contributed by atoms with Crippen LogP contribution in [0.3, 0.4) is 0 Å². The minimum Gasteiger partial charge on any atom is -0.372 e. The van der Waals surface area contributed by atoms with Crippen LogP contribution in [0.25, 0.3) is 0 Å². The zero-order valence-corrected chi connectivity index (χ0v) is 11.1. The van der Waals surface area contributed by atoms with Crippen LogP contribution >= 0.6 is 0 Å². The molecule has 4 nitrogen and oxygen atoms in total. The Labute approximate surface area is 108 Å². The maximum atomic E-state index is 11.5. The third-order valence-electron chi connectivity index (χ3n) is 3.02. The van der Waals surface area contributed by atoms with Crippen molar-refractivity contribution in [2.45, 2.75) is 32.7 Å². The van der Waals surface area contributed by atoms with Crippen molar-refractivity contribution in [3.05, 3.63) is 24.3 Å².